The number of carbonyl (C=O) groups excluding carboxylic acids is 2. The lowest BCUT2D eigenvalue weighted by molar-refractivity contribution is -0.108. The third-order valence-electron chi connectivity index (χ3n) is 4.02. The minimum Gasteiger partial charge on any atom is -0.480 e. The second-order valence-corrected chi connectivity index (χ2v) is 5.51. The molecule has 0 saturated heterocycles. The molecular formula is C16H22N2O3. The molecule has 1 N–H and O–H groups in total. The summed E-state index contributed by atoms with van der Waals surface area (Å²) in [6, 6.07) is 3.62. The first-order chi connectivity index (χ1) is 10.2. The fraction of sp³-hybridized carbons (Fsp3) is 0.562. The van der Waals surface area contributed by atoms with E-state index < -0.39 is 0 Å². The maximum atomic E-state index is 12.3. The van der Waals surface area contributed by atoms with Crippen LogP contribution in [0.15, 0.2) is 18.3 Å². The lowest BCUT2D eigenvalue weighted by atomic mass is 9.83. The summed E-state index contributed by atoms with van der Waals surface area (Å²) in [6.07, 6.45) is 8.30. The number of hydrogen-bond acceptors (Lipinski definition) is 4. The molecule has 1 amide bonds. The maximum Gasteiger partial charge on any atom is 0.256 e. The van der Waals surface area contributed by atoms with Crippen LogP contribution in [0.3, 0.4) is 0 Å². The Balaban J connectivity index is 1.94. The van der Waals surface area contributed by atoms with E-state index in [2.05, 4.69) is 10.3 Å². The summed E-state index contributed by atoms with van der Waals surface area (Å²) in [5.74, 6) is 0.745. The molecule has 0 spiro atoms. The number of aromatic nitrogens is 1. The number of nitrogens with one attached hydrogen (secondary N) is 1. The molecule has 0 radical (unpaired) electrons. The van der Waals surface area contributed by atoms with Crippen LogP contribution in [0.4, 0.5) is 0 Å². The molecule has 0 bridgehead atoms. The van der Waals surface area contributed by atoms with E-state index in [1.165, 1.54) is 7.11 Å². The second kappa shape index (κ2) is 7.76. The molecule has 1 heterocycles. The molecule has 114 valence electrons. The Bertz CT molecular complexity index is 490. The molecule has 1 aromatic heterocycles. The van der Waals surface area contributed by atoms with Crippen LogP contribution in [0.1, 0.15) is 48.9 Å². The first-order valence-corrected chi connectivity index (χ1v) is 7.48. The quantitative estimate of drug-likeness (QED) is 0.817. The Morgan fingerprint density at radius 1 is 1.52 bits per heavy atom. The van der Waals surface area contributed by atoms with Gasteiger partial charge < -0.3 is 14.8 Å². The number of hydrogen-bond donors (Lipinski definition) is 1. The Kier molecular flexibility index (Phi) is 5.72. The van der Waals surface area contributed by atoms with Gasteiger partial charge in [0, 0.05) is 18.7 Å². The summed E-state index contributed by atoms with van der Waals surface area (Å²) in [4.78, 5) is 26.8. The van der Waals surface area contributed by atoms with Crippen LogP contribution in [0.2, 0.25) is 0 Å². The van der Waals surface area contributed by atoms with E-state index >= 15 is 0 Å². The zero-order valence-corrected chi connectivity index (χ0v) is 12.4. The van der Waals surface area contributed by atoms with Gasteiger partial charge in [-0.2, -0.15) is 0 Å². The average molecular weight is 290 g/mol. The van der Waals surface area contributed by atoms with Gasteiger partial charge in [0.05, 0.1) is 7.11 Å². The van der Waals surface area contributed by atoms with Crippen molar-refractivity contribution >= 4 is 12.2 Å². The van der Waals surface area contributed by atoms with Crippen molar-refractivity contribution in [1.82, 2.24) is 10.3 Å². The maximum absolute atomic E-state index is 12.3. The van der Waals surface area contributed by atoms with Crippen molar-refractivity contribution in [3.63, 3.8) is 0 Å². The second-order valence-electron chi connectivity index (χ2n) is 5.51. The molecular weight excluding hydrogens is 268 g/mol. The highest BCUT2D eigenvalue weighted by molar-refractivity contribution is 5.96. The number of rotatable bonds is 6. The number of carbonyl (C=O) groups is 2. The van der Waals surface area contributed by atoms with Crippen molar-refractivity contribution < 1.29 is 14.3 Å². The molecule has 5 heteroatoms. The van der Waals surface area contributed by atoms with Crippen LogP contribution < -0.4 is 10.1 Å². The molecule has 1 fully saturated rings. The Hall–Kier alpha value is -1.91. The first-order valence-electron chi connectivity index (χ1n) is 7.48. The van der Waals surface area contributed by atoms with Gasteiger partial charge in [-0.1, -0.05) is 12.8 Å². The van der Waals surface area contributed by atoms with E-state index in [0.29, 0.717) is 23.8 Å². The molecule has 1 aliphatic carbocycles. The van der Waals surface area contributed by atoms with E-state index in [0.717, 1.165) is 38.4 Å². The normalized spacial score (nSPS) is 21.6. The molecule has 2 atom stereocenters. The van der Waals surface area contributed by atoms with Crippen LogP contribution in [-0.2, 0) is 4.79 Å². The summed E-state index contributed by atoms with van der Waals surface area (Å²) in [5, 5.41) is 3.07. The highest BCUT2D eigenvalue weighted by Crippen LogP contribution is 2.28. The largest absolute Gasteiger partial charge is 0.480 e. The van der Waals surface area contributed by atoms with Crippen LogP contribution in [0.5, 0.6) is 5.88 Å². The smallest absolute Gasteiger partial charge is 0.256 e. The SMILES string of the molecule is COc1ncccc1C(=O)N[C@@H]1CCC[C@H](CCC=O)C1. The summed E-state index contributed by atoms with van der Waals surface area (Å²) >= 11 is 0. The summed E-state index contributed by atoms with van der Waals surface area (Å²) in [5.41, 5.74) is 0.468. The lowest BCUT2D eigenvalue weighted by Crippen LogP contribution is -2.38. The van der Waals surface area contributed by atoms with Gasteiger partial charge >= 0.3 is 0 Å². The molecule has 21 heavy (non-hydrogen) atoms. The van der Waals surface area contributed by atoms with Crippen molar-refractivity contribution in [2.75, 3.05) is 7.11 Å². The van der Waals surface area contributed by atoms with Crippen molar-refractivity contribution in [2.24, 2.45) is 5.92 Å². The molecule has 2 rings (SSSR count). The highest BCUT2D eigenvalue weighted by atomic mass is 16.5. The Morgan fingerprint density at radius 3 is 3.14 bits per heavy atom. The third-order valence-corrected chi connectivity index (χ3v) is 4.02. The topological polar surface area (TPSA) is 68.3 Å². The zero-order valence-electron chi connectivity index (χ0n) is 12.4. The van der Waals surface area contributed by atoms with Gasteiger partial charge in [0.25, 0.3) is 5.91 Å². The van der Waals surface area contributed by atoms with E-state index in [1.54, 1.807) is 18.3 Å². The van der Waals surface area contributed by atoms with Crippen molar-refractivity contribution in [1.29, 1.82) is 0 Å². The lowest BCUT2D eigenvalue weighted by Gasteiger charge is -2.29. The average Bonchev–Trinajstić information content (AvgIpc) is 2.53. The van der Waals surface area contributed by atoms with Crippen molar-refractivity contribution in [3.8, 4) is 5.88 Å². The van der Waals surface area contributed by atoms with Gasteiger partial charge in [0.1, 0.15) is 11.8 Å². The predicted molar refractivity (Wildman–Crippen MR) is 79.3 cm³/mol. The van der Waals surface area contributed by atoms with Crippen LogP contribution in [0, 0.1) is 5.92 Å². The molecule has 0 aromatic carbocycles. The fourth-order valence-electron chi connectivity index (χ4n) is 2.98. The summed E-state index contributed by atoms with van der Waals surface area (Å²) in [6.45, 7) is 0. The number of methoxy groups -OCH3 is 1. The zero-order chi connectivity index (χ0) is 15.1. The number of ether oxygens (including phenoxy) is 1. The van der Waals surface area contributed by atoms with Gasteiger partial charge in [0.15, 0.2) is 0 Å². The number of pyridine rings is 1. The van der Waals surface area contributed by atoms with Gasteiger partial charge in [-0.3, -0.25) is 4.79 Å². The van der Waals surface area contributed by atoms with Crippen LogP contribution in [0.25, 0.3) is 0 Å². The van der Waals surface area contributed by atoms with E-state index in [4.69, 9.17) is 4.74 Å². The van der Waals surface area contributed by atoms with Crippen molar-refractivity contribution in [2.45, 2.75) is 44.6 Å². The number of aldehydes is 1. The number of amides is 1. The predicted octanol–water partition coefficient (Wildman–Crippen LogP) is 2.36. The van der Waals surface area contributed by atoms with E-state index in [-0.39, 0.29) is 11.9 Å². The molecule has 5 nitrogen and oxygen atoms in total. The Labute approximate surface area is 125 Å². The van der Waals surface area contributed by atoms with E-state index in [9.17, 15) is 9.59 Å². The van der Waals surface area contributed by atoms with Gasteiger partial charge in [-0.05, 0) is 37.3 Å². The first kappa shape index (κ1) is 15.5. The van der Waals surface area contributed by atoms with Gasteiger partial charge in [-0.25, -0.2) is 4.98 Å². The molecule has 1 saturated carbocycles. The monoisotopic (exact) mass is 290 g/mol. The fourth-order valence-corrected chi connectivity index (χ4v) is 2.98. The summed E-state index contributed by atoms with van der Waals surface area (Å²) in [7, 11) is 1.51. The van der Waals surface area contributed by atoms with Crippen LogP contribution >= 0.6 is 0 Å². The van der Waals surface area contributed by atoms with Gasteiger partial charge in [0.2, 0.25) is 5.88 Å². The standard InChI is InChI=1S/C16H22N2O3/c1-21-16-14(8-3-9-17-16)15(20)18-13-7-2-5-12(11-13)6-4-10-19/h3,8-10,12-13H,2,4-7,11H2,1H3,(H,18,20)/t12-,13-/m1/s1. The minimum atomic E-state index is -0.138. The van der Waals surface area contributed by atoms with Gasteiger partial charge in [-0.15, -0.1) is 0 Å². The van der Waals surface area contributed by atoms with Crippen molar-refractivity contribution in [3.05, 3.63) is 23.9 Å². The molecule has 1 aliphatic rings. The highest BCUT2D eigenvalue weighted by Gasteiger charge is 2.24. The molecule has 1 aromatic rings. The molecule has 0 aliphatic heterocycles. The Morgan fingerprint density at radius 2 is 2.38 bits per heavy atom. The third kappa shape index (κ3) is 4.28. The molecule has 0 unspecified atom stereocenters. The van der Waals surface area contributed by atoms with Crippen LogP contribution in [-0.4, -0.2) is 30.3 Å². The number of nitrogens with zero attached hydrogens (tertiary/aromatic N) is 1. The minimum absolute atomic E-state index is 0.138. The van der Waals surface area contributed by atoms with E-state index in [1.807, 2.05) is 0 Å². The summed E-state index contributed by atoms with van der Waals surface area (Å²) < 4.78 is 5.12.